The molecule has 2 aromatic heterocycles. The highest BCUT2D eigenvalue weighted by molar-refractivity contribution is 7.98. The minimum atomic E-state index is -0.340. The van der Waals surface area contributed by atoms with Crippen molar-refractivity contribution in [3.8, 4) is 5.75 Å². The molecule has 3 rings (SSSR count). The van der Waals surface area contributed by atoms with Gasteiger partial charge in [0, 0.05) is 0 Å². The van der Waals surface area contributed by atoms with E-state index in [-0.39, 0.29) is 24.3 Å². The molecule has 0 spiro atoms. The van der Waals surface area contributed by atoms with Gasteiger partial charge in [0.05, 0.1) is 5.75 Å². The summed E-state index contributed by atoms with van der Waals surface area (Å²) in [6, 6.07) is 5.63. The van der Waals surface area contributed by atoms with E-state index < -0.39 is 0 Å². The predicted octanol–water partition coefficient (Wildman–Crippen LogP) is 0.352. The molecule has 0 amide bonds. The summed E-state index contributed by atoms with van der Waals surface area (Å²) in [5, 5.41) is 8.38. The number of hydrogen-bond acceptors (Lipinski definition) is 10. The first-order valence-electron chi connectivity index (χ1n) is 6.97. The summed E-state index contributed by atoms with van der Waals surface area (Å²) < 4.78 is 19.6. The largest absolute Gasteiger partial charge is 0.486 e. The smallest absolute Gasteiger partial charge is 0.225 e. The molecule has 6 N–H and O–H groups in total. The number of aromatic nitrogens is 6. The zero-order chi connectivity index (χ0) is 17.8. The number of thioether (sulfide) groups is 1. The molecule has 0 radical (unpaired) electrons. The number of nitrogens with two attached hydrogens (primary N) is 3. The average molecular weight is 363 g/mol. The van der Waals surface area contributed by atoms with E-state index >= 15 is 0 Å². The lowest BCUT2D eigenvalue weighted by molar-refractivity contribution is 0.291. The van der Waals surface area contributed by atoms with Crippen LogP contribution in [0.5, 0.6) is 5.75 Å². The molecule has 0 unspecified atom stereocenters. The van der Waals surface area contributed by atoms with E-state index in [9.17, 15) is 4.39 Å². The van der Waals surface area contributed by atoms with Crippen LogP contribution in [0.1, 0.15) is 11.6 Å². The topological polar surface area (TPSA) is 157 Å². The molecule has 0 aliphatic rings. The maximum absolute atomic E-state index is 12.9. The Morgan fingerprint density at radius 3 is 2.40 bits per heavy atom. The van der Waals surface area contributed by atoms with Gasteiger partial charge in [0.25, 0.3) is 0 Å². The van der Waals surface area contributed by atoms with Crippen LogP contribution in [0.15, 0.2) is 29.4 Å². The van der Waals surface area contributed by atoms with Crippen molar-refractivity contribution < 1.29 is 9.13 Å². The number of benzene rings is 1. The third-order valence-corrected chi connectivity index (χ3v) is 3.90. The minimum absolute atomic E-state index is 0.0469. The van der Waals surface area contributed by atoms with Gasteiger partial charge in [-0.05, 0) is 24.3 Å². The van der Waals surface area contributed by atoms with Gasteiger partial charge in [-0.15, -0.1) is 10.2 Å². The third-order valence-electron chi connectivity index (χ3n) is 2.96. The fourth-order valence-corrected chi connectivity index (χ4v) is 2.56. The van der Waals surface area contributed by atoms with Crippen LogP contribution in [0.25, 0.3) is 0 Å². The number of nitrogen functional groups attached to an aromatic ring is 3. The standard InChI is InChI=1S/C13H14FN9OS/c14-7-1-3-8(4-2-7)24-5-10-21-22-13(23(10)17)25-6-9-18-11(15)20-12(16)19-9/h1-4H,5-6,17H2,(H4,15,16,18,19,20). The summed E-state index contributed by atoms with van der Waals surface area (Å²) in [6.07, 6.45) is 0. The molecule has 2 heterocycles. The van der Waals surface area contributed by atoms with Crippen LogP contribution in [-0.2, 0) is 12.4 Å². The molecule has 130 valence electrons. The van der Waals surface area contributed by atoms with E-state index in [0.29, 0.717) is 28.3 Å². The van der Waals surface area contributed by atoms with Crippen LogP contribution in [0, 0.1) is 5.82 Å². The first-order chi connectivity index (χ1) is 12.0. The summed E-state index contributed by atoms with van der Waals surface area (Å²) in [5.74, 6) is 7.34. The quantitative estimate of drug-likeness (QED) is 0.412. The second-order valence-corrected chi connectivity index (χ2v) is 5.71. The Bertz CT molecular complexity index is 850. The lowest BCUT2D eigenvalue weighted by atomic mass is 10.3. The van der Waals surface area contributed by atoms with Crippen molar-refractivity contribution in [2.75, 3.05) is 17.3 Å². The van der Waals surface area contributed by atoms with E-state index in [0.717, 1.165) is 0 Å². The maximum atomic E-state index is 12.9. The van der Waals surface area contributed by atoms with Crippen molar-refractivity contribution in [2.45, 2.75) is 17.5 Å². The summed E-state index contributed by atoms with van der Waals surface area (Å²) in [7, 11) is 0. The highest BCUT2D eigenvalue weighted by atomic mass is 32.2. The highest BCUT2D eigenvalue weighted by Crippen LogP contribution is 2.20. The molecule has 10 nitrogen and oxygen atoms in total. The molecule has 0 saturated carbocycles. The Hall–Kier alpha value is -3.15. The second-order valence-electron chi connectivity index (χ2n) is 4.77. The zero-order valence-corrected chi connectivity index (χ0v) is 13.6. The molecule has 0 fully saturated rings. The van der Waals surface area contributed by atoms with Crippen LogP contribution in [0.3, 0.4) is 0 Å². The number of rotatable bonds is 6. The molecule has 0 aliphatic heterocycles. The first-order valence-corrected chi connectivity index (χ1v) is 7.96. The molecule has 12 heteroatoms. The minimum Gasteiger partial charge on any atom is -0.486 e. The van der Waals surface area contributed by atoms with Crippen LogP contribution >= 0.6 is 11.8 Å². The molecule has 25 heavy (non-hydrogen) atoms. The van der Waals surface area contributed by atoms with Gasteiger partial charge in [0.2, 0.25) is 17.1 Å². The van der Waals surface area contributed by atoms with Crippen molar-refractivity contribution in [1.29, 1.82) is 0 Å². The van der Waals surface area contributed by atoms with Gasteiger partial charge in [-0.2, -0.15) is 15.0 Å². The van der Waals surface area contributed by atoms with E-state index in [4.69, 9.17) is 22.0 Å². The van der Waals surface area contributed by atoms with E-state index in [1.807, 2.05) is 0 Å². The Morgan fingerprint density at radius 1 is 1.04 bits per heavy atom. The molecule has 0 aliphatic carbocycles. The summed E-state index contributed by atoms with van der Waals surface area (Å²) in [4.78, 5) is 11.6. The van der Waals surface area contributed by atoms with Crippen molar-refractivity contribution in [3.05, 3.63) is 41.7 Å². The van der Waals surface area contributed by atoms with Crippen molar-refractivity contribution >= 4 is 23.7 Å². The SMILES string of the molecule is Nc1nc(N)nc(CSc2nnc(COc3ccc(F)cc3)n2N)n1. The lowest BCUT2D eigenvalue weighted by Crippen LogP contribution is -2.16. The van der Waals surface area contributed by atoms with Crippen molar-refractivity contribution in [2.24, 2.45) is 0 Å². The van der Waals surface area contributed by atoms with Crippen LogP contribution in [0.4, 0.5) is 16.3 Å². The van der Waals surface area contributed by atoms with Gasteiger partial charge in [0.15, 0.2) is 5.82 Å². The maximum Gasteiger partial charge on any atom is 0.225 e. The van der Waals surface area contributed by atoms with Gasteiger partial charge < -0.3 is 22.0 Å². The Morgan fingerprint density at radius 2 is 1.72 bits per heavy atom. The lowest BCUT2D eigenvalue weighted by Gasteiger charge is -2.06. The van der Waals surface area contributed by atoms with Crippen molar-refractivity contribution in [1.82, 2.24) is 29.8 Å². The first kappa shape index (κ1) is 16.7. The molecular formula is C13H14FN9OS. The second kappa shape index (κ2) is 7.17. The van der Waals surface area contributed by atoms with Gasteiger partial charge in [-0.3, -0.25) is 0 Å². The summed E-state index contributed by atoms with van der Waals surface area (Å²) in [6.45, 7) is 0.0847. The average Bonchev–Trinajstić information content (AvgIpc) is 2.92. The summed E-state index contributed by atoms with van der Waals surface area (Å²) in [5.41, 5.74) is 11.0. The number of halogens is 1. The van der Waals surface area contributed by atoms with Crippen LogP contribution in [0.2, 0.25) is 0 Å². The van der Waals surface area contributed by atoms with Gasteiger partial charge in [-0.1, -0.05) is 11.8 Å². The third kappa shape index (κ3) is 4.23. The molecule has 1 aromatic carbocycles. The molecular weight excluding hydrogens is 349 g/mol. The Kier molecular flexibility index (Phi) is 4.79. The molecule has 0 saturated heterocycles. The predicted molar refractivity (Wildman–Crippen MR) is 89.1 cm³/mol. The fourth-order valence-electron chi connectivity index (χ4n) is 1.83. The highest BCUT2D eigenvalue weighted by Gasteiger charge is 2.12. The normalized spacial score (nSPS) is 10.8. The molecule has 3 aromatic rings. The number of hydrogen-bond donors (Lipinski definition) is 3. The number of ether oxygens (including phenoxy) is 1. The van der Waals surface area contributed by atoms with Crippen LogP contribution < -0.4 is 22.0 Å². The Balaban J connectivity index is 1.61. The van der Waals surface area contributed by atoms with E-state index in [1.165, 1.54) is 40.7 Å². The number of anilines is 2. The van der Waals surface area contributed by atoms with Gasteiger partial charge >= 0.3 is 0 Å². The number of nitrogens with zero attached hydrogens (tertiary/aromatic N) is 6. The molecule has 0 bridgehead atoms. The van der Waals surface area contributed by atoms with Crippen LogP contribution in [-0.4, -0.2) is 29.8 Å². The van der Waals surface area contributed by atoms with Gasteiger partial charge in [0.1, 0.15) is 24.0 Å². The van der Waals surface area contributed by atoms with E-state index in [1.54, 1.807) is 0 Å². The zero-order valence-electron chi connectivity index (χ0n) is 12.8. The van der Waals surface area contributed by atoms with Gasteiger partial charge in [-0.25, -0.2) is 9.07 Å². The molecule has 0 atom stereocenters. The fraction of sp³-hybridized carbons (Fsp3) is 0.154. The summed E-state index contributed by atoms with van der Waals surface area (Å²) >= 11 is 1.26. The monoisotopic (exact) mass is 363 g/mol. The van der Waals surface area contributed by atoms with Crippen molar-refractivity contribution in [3.63, 3.8) is 0 Å². The Labute approximate surface area is 145 Å². The van der Waals surface area contributed by atoms with E-state index in [2.05, 4.69) is 25.1 Å².